The summed E-state index contributed by atoms with van der Waals surface area (Å²) in [5, 5.41) is 14.1. The number of carbonyl (C=O) groups excluding carboxylic acids is 1. The molecule has 0 fully saturated rings. The van der Waals surface area contributed by atoms with Crippen LogP contribution in [0.2, 0.25) is 0 Å². The minimum absolute atomic E-state index is 0.0134. The largest absolute Gasteiger partial charge is 0.337 e. The molecule has 1 aromatic rings. The average Bonchev–Trinajstić information content (AvgIpc) is 2.29. The second-order valence-corrected chi connectivity index (χ2v) is 3.42. The predicted octanol–water partition coefficient (Wildman–Crippen LogP) is 1.20. The van der Waals surface area contributed by atoms with Crippen LogP contribution in [0.5, 0.6) is 0 Å². The Hall–Kier alpha value is -2.44. The molecule has 1 N–H and O–H groups in total. The number of rotatable bonds is 3. The van der Waals surface area contributed by atoms with Crippen molar-refractivity contribution in [3.63, 3.8) is 0 Å². The summed E-state index contributed by atoms with van der Waals surface area (Å²) in [4.78, 5) is 22.4. The van der Waals surface area contributed by atoms with Crippen LogP contribution in [0.4, 0.5) is 10.5 Å². The van der Waals surface area contributed by atoms with E-state index in [-0.39, 0.29) is 11.7 Å². The molecule has 0 aliphatic heterocycles. The van der Waals surface area contributed by atoms with E-state index in [0.717, 1.165) is 0 Å². The lowest BCUT2D eigenvalue weighted by molar-refractivity contribution is -0.384. The highest BCUT2D eigenvalue weighted by molar-refractivity contribution is 5.82. The standard InChI is InChI=1S/C10H12N4O3/c1-13(2)10(15)12-11-7-8-3-5-9(6-4-8)14(16)17/h3-7H,1-2H3,(H,12,15)/b11-7+. The van der Waals surface area contributed by atoms with Crippen LogP contribution in [0.25, 0.3) is 0 Å². The molecule has 1 aromatic carbocycles. The Morgan fingerprint density at radius 1 is 1.41 bits per heavy atom. The molecular weight excluding hydrogens is 224 g/mol. The number of hydrogen-bond acceptors (Lipinski definition) is 4. The Kier molecular flexibility index (Phi) is 4.15. The first-order chi connectivity index (χ1) is 8.00. The number of amides is 2. The number of hydrogen-bond donors (Lipinski definition) is 1. The number of carbonyl (C=O) groups is 1. The minimum Gasteiger partial charge on any atom is -0.329 e. The molecule has 1 rings (SSSR count). The van der Waals surface area contributed by atoms with E-state index in [9.17, 15) is 14.9 Å². The van der Waals surface area contributed by atoms with Gasteiger partial charge in [0.1, 0.15) is 0 Å². The van der Waals surface area contributed by atoms with Crippen molar-refractivity contribution >= 4 is 17.9 Å². The number of nitro benzene ring substituents is 1. The van der Waals surface area contributed by atoms with Gasteiger partial charge in [-0.25, -0.2) is 10.2 Å². The summed E-state index contributed by atoms with van der Waals surface area (Å²) >= 11 is 0. The molecule has 7 nitrogen and oxygen atoms in total. The van der Waals surface area contributed by atoms with E-state index in [2.05, 4.69) is 10.5 Å². The van der Waals surface area contributed by atoms with Crippen LogP contribution in [-0.2, 0) is 0 Å². The Morgan fingerprint density at radius 2 is 2.00 bits per heavy atom. The Labute approximate surface area is 97.9 Å². The maximum atomic E-state index is 11.1. The van der Waals surface area contributed by atoms with E-state index < -0.39 is 4.92 Å². The van der Waals surface area contributed by atoms with Crippen LogP contribution >= 0.6 is 0 Å². The number of benzene rings is 1. The van der Waals surface area contributed by atoms with Gasteiger partial charge in [0.25, 0.3) is 5.69 Å². The number of nitrogens with one attached hydrogen (secondary N) is 1. The first kappa shape index (κ1) is 12.6. The quantitative estimate of drug-likeness (QED) is 0.486. The molecule has 0 heterocycles. The Morgan fingerprint density at radius 3 is 2.47 bits per heavy atom. The van der Waals surface area contributed by atoms with Gasteiger partial charge in [-0.2, -0.15) is 5.10 Å². The van der Waals surface area contributed by atoms with Gasteiger partial charge in [-0.05, 0) is 17.7 Å². The van der Waals surface area contributed by atoms with Crippen molar-refractivity contribution in [3.05, 3.63) is 39.9 Å². The molecule has 90 valence electrons. The molecule has 0 aliphatic rings. The van der Waals surface area contributed by atoms with E-state index in [4.69, 9.17) is 0 Å². The van der Waals surface area contributed by atoms with Crippen molar-refractivity contribution in [3.8, 4) is 0 Å². The van der Waals surface area contributed by atoms with Crippen molar-refractivity contribution in [1.82, 2.24) is 10.3 Å². The molecule has 0 saturated heterocycles. The lowest BCUT2D eigenvalue weighted by Gasteiger charge is -2.07. The van der Waals surface area contributed by atoms with Crippen molar-refractivity contribution in [2.45, 2.75) is 0 Å². The molecule has 0 atom stereocenters. The fourth-order valence-corrected chi connectivity index (χ4v) is 0.944. The van der Waals surface area contributed by atoms with Crippen LogP contribution in [-0.4, -0.2) is 36.2 Å². The molecule has 2 amide bonds. The topological polar surface area (TPSA) is 87.8 Å². The SMILES string of the molecule is CN(C)C(=O)N/N=C/c1ccc([N+](=O)[O-])cc1. The maximum absolute atomic E-state index is 11.1. The highest BCUT2D eigenvalue weighted by Crippen LogP contribution is 2.10. The molecule has 0 bridgehead atoms. The van der Waals surface area contributed by atoms with Crippen LogP contribution in [0.1, 0.15) is 5.56 Å². The van der Waals surface area contributed by atoms with Gasteiger partial charge in [0.05, 0.1) is 11.1 Å². The fraction of sp³-hybridized carbons (Fsp3) is 0.200. The summed E-state index contributed by atoms with van der Waals surface area (Å²) in [7, 11) is 3.19. The van der Waals surface area contributed by atoms with Gasteiger partial charge in [-0.15, -0.1) is 0 Å². The third kappa shape index (κ3) is 3.90. The van der Waals surface area contributed by atoms with Crippen molar-refractivity contribution < 1.29 is 9.72 Å². The van der Waals surface area contributed by atoms with E-state index in [1.165, 1.54) is 23.2 Å². The number of urea groups is 1. The second kappa shape index (κ2) is 5.59. The monoisotopic (exact) mass is 236 g/mol. The summed E-state index contributed by atoms with van der Waals surface area (Å²) in [6.45, 7) is 0. The lowest BCUT2D eigenvalue weighted by atomic mass is 10.2. The second-order valence-electron chi connectivity index (χ2n) is 3.42. The summed E-state index contributed by atoms with van der Waals surface area (Å²) in [5.41, 5.74) is 2.97. The van der Waals surface area contributed by atoms with Crippen molar-refractivity contribution in [2.24, 2.45) is 5.10 Å². The first-order valence-corrected chi connectivity index (χ1v) is 4.75. The zero-order chi connectivity index (χ0) is 12.8. The Balaban J connectivity index is 2.60. The first-order valence-electron chi connectivity index (χ1n) is 4.75. The molecule has 0 radical (unpaired) electrons. The maximum Gasteiger partial charge on any atom is 0.337 e. The van der Waals surface area contributed by atoms with Gasteiger partial charge in [0.15, 0.2) is 0 Å². The van der Waals surface area contributed by atoms with E-state index in [1.54, 1.807) is 26.2 Å². The van der Waals surface area contributed by atoms with Crippen LogP contribution < -0.4 is 5.43 Å². The van der Waals surface area contributed by atoms with Crippen LogP contribution in [0.3, 0.4) is 0 Å². The Bertz CT molecular complexity index is 439. The third-order valence-electron chi connectivity index (χ3n) is 1.88. The summed E-state index contributed by atoms with van der Waals surface area (Å²) in [6.07, 6.45) is 1.41. The summed E-state index contributed by atoms with van der Waals surface area (Å²) < 4.78 is 0. The van der Waals surface area contributed by atoms with Gasteiger partial charge >= 0.3 is 6.03 Å². The average molecular weight is 236 g/mol. The van der Waals surface area contributed by atoms with Gasteiger partial charge < -0.3 is 4.90 Å². The van der Waals surface area contributed by atoms with E-state index in [0.29, 0.717) is 5.56 Å². The smallest absolute Gasteiger partial charge is 0.329 e. The van der Waals surface area contributed by atoms with E-state index >= 15 is 0 Å². The number of non-ortho nitro benzene ring substituents is 1. The molecule has 0 spiro atoms. The number of nitrogens with zero attached hydrogens (tertiary/aromatic N) is 3. The molecule has 0 aliphatic carbocycles. The molecule has 0 aromatic heterocycles. The zero-order valence-electron chi connectivity index (χ0n) is 9.45. The molecule has 17 heavy (non-hydrogen) atoms. The normalized spacial score (nSPS) is 10.2. The van der Waals surface area contributed by atoms with Crippen molar-refractivity contribution in [1.29, 1.82) is 0 Å². The predicted molar refractivity (Wildman–Crippen MR) is 62.9 cm³/mol. The molecule has 7 heteroatoms. The minimum atomic E-state index is -0.477. The molecule has 0 saturated carbocycles. The summed E-state index contributed by atoms with van der Waals surface area (Å²) in [5.74, 6) is 0. The highest BCUT2D eigenvalue weighted by atomic mass is 16.6. The molecular formula is C10H12N4O3. The molecule has 0 unspecified atom stereocenters. The number of nitro groups is 1. The van der Waals surface area contributed by atoms with Gasteiger partial charge in [0.2, 0.25) is 0 Å². The lowest BCUT2D eigenvalue weighted by Crippen LogP contribution is -2.31. The van der Waals surface area contributed by atoms with Gasteiger partial charge in [0, 0.05) is 26.2 Å². The summed E-state index contributed by atoms with van der Waals surface area (Å²) in [6, 6.07) is 5.49. The van der Waals surface area contributed by atoms with Crippen molar-refractivity contribution in [2.75, 3.05) is 14.1 Å². The van der Waals surface area contributed by atoms with Gasteiger partial charge in [-0.3, -0.25) is 10.1 Å². The fourth-order valence-electron chi connectivity index (χ4n) is 0.944. The highest BCUT2D eigenvalue weighted by Gasteiger charge is 2.03. The van der Waals surface area contributed by atoms with Crippen LogP contribution in [0.15, 0.2) is 29.4 Å². The zero-order valence-corrected chi connectivity index (χ0v) is 9.45. The van der Waals surface area contributed by atoms with Crippen LogP contribution in [0, 0.1) is 10.1 Å². The third-order valence-corrected chi connectivity index (χ3v) is 1.88. The number of hydrazone groups is 1. The van der Waals surface area contributed by atoms with Gasteiger partial charge in [-0.1, -0.05) is 0 Å². The van der Waals surface area contributed by atoms with E-state index in [1.807, 2.05) is 0 Å².